The van der Waals surface area contributed by atoms with Crippen LogP contribution in [0.3, 0.4) is 0 Å². The molecule has 0 aliphatic carbocycles. The van der Waals surface area contributed by atoms with Crippen LogP contribution in [0.2, 0.25) is 0 Å². The summed E-state index contributed by atoms with van der Waals surface area (Å²) in [5, 5.41) is 20.3. The molecule has 0 atom stereocenters. The lowest BCUT2D eigenvalue weighted by molar-refractivity contribution is -0.385. The molecule has 0 amide bonds. The molecule has 0 unspecified atom stereocenters. The molecule has 0 N–H and O–H groups in total. The van der Waals surface area contributed by atoms with Crippen molar-refractivity contribution < 1.29 is 19.2 Å². The minimum Gasteiger partial charge on any atom is -0.487 e. The predicted molar refractivity (Wildman–Crippen MR) is 104 cm³/mol. The van der Waals surface area contributed by atoms with E-state index in [0.717, 1.165) is 12.0 Å². The summed E-state index contributed by atoms with van der Waals surface area (Å²) < 4.78 is 10.4. The van der Waals surface area contributed by atoms with E-state index >= 15 is 0 Å². The zero-order chi connectivity index (χ0) is 20.4. The number of hydrogen-bond acceptors (Lipinski definition) is 6. The zero-order valence-corrected chi connectivity index (χ0v) is 15.7. The fourth-order valence-electron chi connectivity index (χ4n) is 2.66. The monoisotopic (exact) mass is 382 g/mol. The molecule has 0 radical (unpaired) electrons. The Morgan fingerprint density at radius 1 is 1.11 bits per heavy atom. The molecular weight excluding hydrogens is 360 g/mol. The van der Waals surface area contributed by atoms with E-state index in [1.165, 1.54) is 6.07 Å². The molecule has 7 heteroatoms. The SMILES string of the molecule is CCOC(=O)CCCCCOc1ccc(-c2ccc(C#N)cc2)cc1[N+](=O)[O-]. The van der Waals surface area contributed by atoms with E-state index in [1.54, 1.807) is 43.3 Å². The molecule has 0 spiro atoms. The minimum absolute atomic E-state index is 0.103. The van der Waals surface area contributed by atoms with Crippen molar-refractivity contribution in [1.29, 1.82) is 5.26 Å². The van der Waals surface area contributed by atoms with Gasteiger partial charge < -0.3 is 9.47 Å². The van der Waals surface area contributed by atoms with Crippen LogP contribution < -0.4 is 4.74 Å². The maximum absolute atomic E-state index is 11.4. The van der Waals surface area contributed by atoms with Gasteiger partial charge in [-0.25, -0.2) is 0 Å². The van der Waals surface area contributed by atoms with Crippen molar-refractivity contribution in [1.82, 2.24) is 0 Å². The van der Waals surface area contributed by atoms with Gasteiger partial charge in [0, 0.05) is 12.5 Å². The highest BCUT2D eigenvalue weighted by atomic mass is 16.6. The molecule has 0 aliphatic heterocycles. The van der Waals surface area contributed by atoms with Gasteiger partial charge in [0.05, 0.1) is 29.8 Å². The average Bonchev–Trinajstić information content (AvgIpc) is 2.70. The lowest BCUT2D eigenvalue weighted by atomic mass is 10.0. The van der Waals surface area contributed by atoms with Crippen LogP contribution in [0.15, 0.2) is 42.5 Å². The number of nitro benzene ring substituents is 1. The summed E-state index contributed by atoms with van der Waals surface area (Å²) in [6.07, 6.45) is 2.53. The number of carbonyl (C=O) groups is 1. The molecule has 0 heterocycles. The van der Waals surface area contributed by atoms with Crippen LogP contribution in [0.1, 0.15) is 38.2 Å². The first kappa shape index (κ1) is 20.9. The summed E-state index contributed by atoms with van der Waals surface area (Å²) in [4.78, 5) is 22.2. The second-order valence-electron chi connectivity index (χ2n) is 6.09. The molecule has 2 aromatic rings. The van der Waals surface area contributed by atoms with Crippen molar-refractivity contribution in [2.24, 2.45) is 0 Å². The Bertz CT molecular complexity index is 856. The van der Waals surface area contributed by atoms with Gasteiger partial charge in [-0.2, -0.15) is 5.26 Å². The third-order valence-corrected chi connectivity index (χ3v) is 4.09. The number of ether oxygens (including phenoxy) is 2. The normalized spacial score (nSPS) is 10.1. The standard InChI is InChI=1S/C21H22N2O5/c1-2-27-21(24)6-4-3-5-13-28-20-12-11-18(14-19(20)23(25)26)17-9-7-16(15-22)8-10-17/h7-12,14H,2-6,13H2,1H3. The molecule has 146 valence electrons. The van der Waals surface area contributed by atoms with E-state index in [9.17, 15) is 14.9 Å². The Morgan fingerprint density at radius 3 is 2.46 bits per heavy atom. The van der Waals surface area contributed by atoms with Gasteiger partial charge in [0.2, 0.25) is 0 Å². The van der Waals surface area contributed by atoms with E-state index in [4.69, 9.17) is 14.7 Å². The maximum atomic E-state index is 11.4. The molecule has 2 rings (SSSR count). The molecule has 2 aromatic carbocycles. The van der Waals surface area contributed by atoms with Crippen molar-refractivity contribution in [3.05, 3.63) is 58.1 Å². The highest BCUT2D eigenvalue weighted by molar-refractivity contribution is 5.69. The first-order valence-corrected chi connectivity index (χ1v) is 9.12. The molecular formula is C21H22N2O5. The van der Waals surface area contributed by atoms with Crippen LogP contribution in [-0.2, 0) is 9.53 Å². The number of benzene rings is 2. The van der Waals surface area contributed by atoms with E-state index < -0.39 is 4.92 Å². The number of carbonyl (C=O) groups excluding carboxylic acids is 1. The van der Waals surface area contributed by atoms with Crippen molar-refractivity contribution >= 4 is 11.7 Å². The maximum Gasteiger partial charge on any atom is 0.311 e. The van der Waals surface area contributed by atoms with Gasteiger partial charge in [-0.1, -0.05) is 18.2 Å². The first-order chi connectivity index (χ1) is 13.5. The third-order valence-electron chi connectivity index (χ3n) is 4.09. The fourth-order valence-corrected chi connectivity index (χ4v) is 2.66. The molecule has 0 bridgehead atoms. The number of hydrogen-bond donors (Lipinski definition) is 0. The van der Waals surface area contributed by atoms with Gasteiger partial charge in [0.1, 0.15) is 0 Å². The van der Waals surface area contributed by atoms with Crippen LogP contribution in [0.4, 0.5) is 5.69 Å². The van der Waals surface area contributed by atoms with Crippen LogP contribution in [-0.4, -0.2) is 24.1 Å². The van der Waals surface area contributed by atoms with E-state index in [-0.39, 0.29) is 17.4 Å². The van der Waals surface area contributed by atoms with Crippen LogP contribution in [0.25, 0.3) is 11.1 Å². The van der Waals surface area contributed by atoms with Gasteiger partial charge in [-0.15, -0.1) is 0 Å². The summed E-state index contributed by atoms with van der Waals surface area (Å²) in [6, 6.07) is 13.7. The van der Waals surface area contributed by atoms with E-state index in [1.807, 2.05) is 6.07 Å². The van der Waals surface area contributed by atoms with Gasteiger partial charge >= 0.3 is 11.7 Å². The first-order valence-electron chi connectivity index (χ1n) is 9.12. The highest BCUT2D eigenvalue weighted by Gasteiger charge is 2.16. The lowest BCUT2D eigenvalue weighted by Gasteiger charge is -2.09. The predicted octanol–water partition coefficient (Wildman–Crippen LogP) is 4.64. The quantitative estimate of drug-likeness (QED) is 0.257. The Morgan fingerprint density at radius 2 is 1.82 bits per heavy atom. The van der Waals surface area contributed by atoms with Crippen LogP contribution in [0, 0.1) is 21.4 Å². The van der Waals surface area contributed by atoms with Crippen LogP contribution >= 0.6 is 0 Å². The number of nitriles is 1. The molecule has 0 saturated carbocycles. The number of nitrogens with zero attached hydrogens (tertiary/aromatic N) is 2. The Labute approximate surface area is 163 Å². The summed E-state index contributed by atoms with van der Waals surface area (Å²) in [5.41, 5.74) is 1.89. The Hall–Kier alpha value is -3.40. The number of nitro groups is 1. The molecule has 7 nitrogen and oxygen atoms in total. The van der Waals surface area contributed by atoms with E-state index in [0.29, 0.717) is 43.6 Å². The van der Waals surface area contributed by atoms with Crippen molar-refractivity contribution in [3.63, 3.8) is 0 Å². The molecule has 0 aliphatic rings. The third kappa shape index (κ3) is 6.09. The second-order valence-corrected chi connectivity index (χ2v) is 6.09. The second kappa shape index (κ2) is 10.7. The van der Waals surface area contributed by atoms with Crippen molar-refractivity contribution in [2.45, 2.75) is 32.6 Å². The molecule has 0 fully saturated rings. The van der Waals surface area contributed by atoms with Gasteiger partial charge in [-0.05, 0) is 55.5 Å². The highest BCUT2D eigenvalue weighted by Crippen LogP contribution is 2.32. The van der Waals surface area contributed by atoms with Gasteiger partial charge in [-0.3, -0.25) is 14.9 Å². The van der Waals surface area contributed by atoms with Gasteiger partial charge in [0.15, 0.2) is 5.75 Å². The fraction of sp³-hybridized carbons (Fsp3) is 0.333. The smallest absolute Gasteiger partial charge is 0.311 e. The van der Waals surface area contributed by atoms with Gasteiger partial charge in [0.25, 0.3) is 0 Å². The lowest BCUT2D eigenvalue weighted by Crippen LogP contribution is -2.04. The number of unbranched alkanes of at least 4 members (excludes halogenated alkanes) is 2. The molecule has 28 heavy (non-hydrogen) atoms. The number of rotatable bonds is 10. The summed E-state index contributed by atoms with van der Waals surface area (Å²) in [7, 11) is 0. The van der Waals surface area contributed by atoms with Crippen molar-refractivity contribution in [3.8, 4) is 22.9 Å². The number of esters is 1. The summed E-state index contributed by atoms with van der Waals surface area (Å²) in [6.45, 7) is 2.48. The average molecular weight is 382 g/mol. The molecule has 0 aromatic heterocycles. The summed E-state index contributed by atoms with van der Waals surface area (Å²) >= 11 is 0. The molecule has 0 saturated heterocycles. The summed E-state index contributed by atoms with van der Waals surface area (Å²) in [5.74, 6) is 0.00485. The largest absolute Gasteiger partial charge is 0.487 e. The van der Waals surface area contributed by atoms with Crippen LogP contribution in [0.5, 0.6) is 5.75 Å². The zero-order valence-electron chi connectivity index (χ0n) is 15.7. The Kier molecular flexibility index (Phi) is 7.97. The topological polar surface area (TPSA) is 102 Å². The minimum atomic E-state index is -0.469. The van der Waals surface area contributed by atoms with E-state index in [2.05, 4.69) is 0 Å². The Balaban J connectivity index is 1.94. The van der Waals surface area contributed by atoms with Crippen molar-refractivity contribution in [2.75, 3.05) is 13.2 Å².